The van der Waals surface area contributed by atoms with E-state index in [9.17, 15) is 14.3 Å². The number of halogens is 3. The number of aryl methyl sites for hydroxylation is 1. The van der Waals surface area contributed by atoms with E-state index in [4.69, 9.17) is 27.9 Å². The molecule has 0 spiro atoms. The number of ether oxygens (including phenoxy) is 1. The summed E-state index contributed by atoms with van der Waals surface area (Å²) in [6.45, 7) is 3.77. The van der Waals surface area contributed by atoms with Crippen LogP contribution in [0.25, 0.3) is 16.7 Å². The first-order valence-electron chi connectivity index (χ1n) is 9.19. The van der Waals surface area contributed by atoms with E-state index in [0.717, 1.165) is 11.1 Å². The molecule has 2 atom stereocenters. The lowest BCUT2D eigenvalue weighted by Crippen LogP contribution is -2.37. The molecule has 2 bridgehead atoms. The van der Waals surface area contributed by atoms with Crippen LogP contribution >= 0.6 is 23.2 Å². The van der Waals surface area contributed by atoms with E-state index >= 15 is 0 Å². The number of Topliss-reactive ketones (excluding diaryl/α,β-unsaturated/α-hetero) is 1. The molecule has 1 saturated heterocycles. The highest BCUT2D eigenvalue weighted by Crippen LogP contribution is 2.46. The van der Waals surface area contributed by atoms with Crippen LogP contribution in [0.15, 0.2) is 36.1 Å². The Bertz CT molecular complexity index is 1030. The summed E-state index contributed by atoms with van der Waals surface area (Å²) < 4.78 is 19.8. The number of carbonyl (C=O) groups is 1. The van der Waals surface area contributed by atoms with Crippen molar-refractivity contribution in [2.75, 3.05) is 0 Å². The molecule has 0 unspecified atom stereocenters. The third-order valence-electron chi connectivity index (χ3n) is 5.66. The second-order valence-electron chi connectivity index (χ2n) is 7.41. The fourth-order valence-electron chi connectivity index (χ4n) is 4.05. The second kappa shape index (κ2) is 6.87. The normalized spacial score (nSPS) is 24.2. The fourth-order valence-corrected chi connectivity index (χ4v) is 4.53. The summed E-state index contributed by atoms with van der Waals surface area (Å²) in [4.78, 5) is 12.9. The Morgan fingerprint density at radius 3 is 2.68 bits per heavy atom. The monoisotopic (exact) mass is 420 g/mol. The van der Waals surface area contributed by atoms with Crippen LogP contribution in [0.1, 0.15) is 37.8 Å². The lowest BCUT2D eigenvalue weighted by Gasteiger charge is -2.31. The molecule has 4 rings (SSSR count). The molecule has 2 aliphatic heterocycles. The highest BCUT2D eigenvalue weighted by molar-refractivity contribution is 6.36. The minimum atomic E-state index is -0.819. The Kier molecular flexibility index (Phi) is 4.77. The average Bonchev–Trinajstić information content (AvgIpc) is 3.06. The summed E-state index contributed by atoms with van der Waals surface area (Å²) in [5.41, 5.74) is 2.29. The van der Waals surface area contributed by atoms with E-state index in [1.807, 2.05) is 19.9 Å². The standard InChI is InChI=1S/C22H19Cl2FO3/c1-3-11-10-12(14-6-7-15(23)19(25)18(14)24)4-5-13(11)17-20(26)16-8-9-22(2,28-16)21(17)27/h4-7,10,16,27H,3,8-9H2,1-2H3/t16-,22+/m0/s1. The number of hydrogen-bond acceptors (Lipinski definition) is 3. The lowest BCUT2D eigenvalue weighted by atomic mass is 9.87. The van der Waals surface area contributed by atoms with Gasteiger partial charge >= 0.3 is 0 Å². The first kappa shape index (κ1) is 19.4. The van der Waals surface area contributed by atoms with Crippen molar-refractivity contribution < 1.29 is 19.0 Å². The second-order valence-corrected chi connectivity index (χ2v) is 8.20. The van der Waals surface area contributed by atoms with Crippen LogP contribution in [-0.4, -0.2) is 22.6 Å². The van der Waals surface area contributed by atoms with Crippen LogP contribution in [0.5, 0.6) is 0 Å². The number of fused-ring (bicyclic) bond motifs is 2. The molecule has 1 N–H and O–H groups in total. The van der Waals surface area contributed by atoms with Gasteiger partial charge in [0.25, 0.3) is 0 Å². The van der Waals surface area contributed by atoms with E-state index in [-0.39, 0.29) is 21.6 Å². The first-order chi connectivity index (χ1) is 13.3. The van der Waals surface area contributed by atoms with Gasteiger partial charge in [0.15, 0.2) is 11.6 Å². The highest BCUT2D eigenvalue weighted by atomic mass is 35.5. The molecule has 2 heterocycles. The predicted octanol–water partition coefficient (Wildman–Crippen LogP) is 6.15. The van der Waals surface area contributed by atoms with E-state index < -0.39 is 17.5 Å². The minimum absolute atomic E-state index is 0.00994. The average molecular weight is 421 g/mol. The Morgan fingerprint density at radius 2 is 1.96 bits per heavy atom. The van der Waals surface area contributed by atoms with E-state index in [0.29, 0.717) is 36.0 Å². The Balaban J connectivity index is 1.85. The van der Waals surface area contributed by atoms with Gasteiger partial charge in [0.2, 0.25) is 0 Å². The van der Waals surface area contributed by atoms with Gasteiger partial charge in [-0.15, -0.1) is 0 Å². The summed E-state index contributed by atoms with van der Waals surface area (Å²) in [6.07, 6.45) is 1.32. The van der Waals surface area contributed by atoms with Crippen LogP contribution in [0, 0.1) is 5.82 Å². The Hall–Kier alpha value is -1.88. The van der Waals surface area contributed by atoms with Gasteiger partial charge in [0, 0.05) is 5.56 Å². The zero-order valence-electron chi connectivity index (χ0n) is 15.5. The fraction of sp³-hybridized carbons (Fsp3) is 0.318. The number of benzene rings is 2. The minimum Gasteiger partial charge on any atom is -0.508 e. The smallest absolute Gasteiger partial charge is 0.195 e. The van der Waals surface area contributed by atoms with Crippen molar-refractivity contribution in [1.82, 2.24) is 0 Å². The maximum absolute atomic E-state index is 14.1. The molecule has 1 fully saturated rings. The number of ketones is 1. The van der Waals surface area contributed by atoms with Crippen LogP contribution in [0.3, 0.4) is 0 Å². The van der Waals surface area contributed by atoms with Crippen molar-refractivity contribution in [2.45, 2.75) is 44.8 Å². The molecule has 2 aromatic carbocycles. The molecule has 28 heavy (non-hydrogen) atoms. The molecule has 2 aromatic rings. The van der Waals surface area contributed by atoms with Gasteiger partial charge in [-0.05, 0) is 48.9 Å². The zero-order chi connectivity index (χ0) is 20.2. The van der Waals surface area contributed by atoms with Gasteiger partial charge in [0.1, 0.15) is 17.5 Å². The van der Waals surface area contributed by atoms with Crippen molar-refractivity contribution in [1.29, 1.82) is 0 Å². The van der Waals surface area contributed by atoms with Crippen molar-refractivity contribution in [3.05, 3.63) is 63.1 Å². The van der Waals surface area contributed by atoms with Crippen molar-refractivity contribution in [3.63, 3.8) is 0 Å². The number of rotatable bonds is 3. The number of aliphatic hydroxyl groups is 1. The third kappa shape index (κ3) is 2.86. The lowest BCUT2D eigenvalue weighted by molar-refractivity contribution is -0.130. The number of carbonyl (C=O) groups excluding carboxylic acids is 1. The van der Waals surface area contributed by atoms with Crippen molar-refractivity contribution >= 4 is 34.6 Å². The molecule has 3 nitrogen and oxygen atoms in total. The van der Waals surface area contributed by atoms with Gasteiger partial charge in [-0.25, -0.2) is 4.39 Å². The topological polar surface area (TPSA) is 46.5 Å². The van der Waals surface area contributed by atoms with Crippen LogP contribution < -0.4 is 0 Å². The van der Waals surface area contributed by atoms with Gasteiger partial charge in [-0.1, -0.05) is 54.4 Å². The van der Waals surface area contributed by atoms with E-state index in [1.165, 1.54) is 6.07 Å². The molecule has 0 saturated carbocycles. The maximum Gasteiger partial charge on any atom is 0.195 e. The molecule has 0 radical (unpaired) electrons. The highest BCUT2D eigenvalue weighted by Gasteiger charge is 2.50. The molecular formula is C22H19Cl2FO3. The largest absolute Gasteiger partial charge is 0.508 e. The number of hydrogen-bond donors (Lipinski definition) is 1. The first-order valence-corrected chi connectivity index (χ1v) is 9.95. The van der Waals surface area contributed by atoms with E-state index in [1.54, 1.807) is 18.2 Å². The summed E-state index contributed by atoms with van der Waals surface area (Å²) in [7, 11) is 0. The third-order valence-corrected chi connectivity index (χ3v) is 6.33. The Morgan fingerprint density at radius 1 is 1.25 bits per heavy atom. The van der Waals surface area contributed by atoms with Crippen molar-refractivity contribution in [3.8, 4) is 11.1 Å². The predicted molar refractivity (Wildman–Crippen MR) is 108 cm³/mol. The zero-order valence-corrected chi connectivity index (χ0v) is 17.0. The van der Waals surface area contributed by atoms with Gasteiger partial charge < -0.3 is 9.84 Å². The summed E-state index contributed by atoms with van der Waals surface area (Å²) in [5, 5.41) is 10.7. The summed E-state index contributed by atoms with van der Waals surface area (Å²) >= 11 is 11.9. The summed E-state index contributed by atoms with van der Waals surface area (Å²) in [6, 6.07) is 8.56. The molecule has 0 aromatic heterocycles. The number of aliphatic hydroxyl groups excluding tert-OH is 1. The molecule has 146 valence electrons. The van der Waals surface area contributed by atoms with Crippen LogP contribution in [0.4, 0.5) is 4.39 Å². The van der Waals surface area contributed by atoms with Gasteiger partial charge in [-0.3, -0.25) is 4.79 Å². The molecular weight excluding hydrogens is 402 g/mol. The maximum atomic E-state index is 14.1. The SMILES string of the molecule is CCc1cc(-c2ccc(Cl)c(F)c2Cl)ccc1C1=C(O)[C@@]2(C)CC[C@H](O2)C1=O. The Labute approximate surface area is 172 Å². The van der Waals surface area contributed by atoms with Crippen LogP contribution in [-0.2, 0) is 16.0 Å². The van der Waals surface area contributed by atoms with Crippen LogP contribution in [0.2, 0.25) is 10.0 Å². The quantitative estimate of drug-likeness (QED) is 0.605. The molecule has 0 aliphatic carbocycles. The molecule has 0 amide bonds. The van der Waals surface area contributed by atoms with Crippen molar-refractivity contribution in [2.24, 2.45) is 0 Å². The van der Waals surface area contributed by atoms with Gasteiger partial charge in [0.05, 0.1) is 15.6 Å². The molecule has 6 heteroatoms. The van der Waals surface area contributed by atoms with E-state index in [2.05, 4.69) is 0 Å². The molecule has 2 aliphatic rings. The van der Waals surface area contributed by atoms with Gasteiger partial charge in [-0.2, -0.15) is 0 Å². The summed E-state index contributed by atoms with van der Waals surface area (Å²) in [5.74, 6) is -0.859.